The van der Waals surface area contributed by atoms with Gasteiger partial charge in [-0.05, 0) is 49.4 Å². The highest BCUT2D eigenvalue weighted by molar-refractivity contribution is 5.17. The van der Waals surface area contributed by atoms with E-state index in [0.717, 1.165) is 35.5 Å². The lowest BCUT2D eigenvalue weighted by Gasteiger charge is -2.41. The van der Waals surface area contributed by atoms with Crippen molar-refractivity contribution in [2.24, 2.45) is 35.5 Å². The summed E-state index contributed by atoms with van der Waals surface area (Å²) in [5.74, 6) is 5.03. The maximum Gasteiger partial charge on any atom is 0.235 e. The number of hydrogen-bond donors (Lipinski definition) is 0. The Balaban J connectivity index is 1.96. The van der Waals surface area contributed by atoms with Crippen molar-refractivity contribution in [1.82, 2.24) is 0 Å². The Labute approximate surface area is 99.4 Å². The standard InChI is InChI=1S/C15H23N/c1-9(2)13-8-14-11-5-10(13)6-12(7-11)15(14,3)16-4/h9-14H,5-8H2,1-3H3/t10?,11?,12?,13-,14?,15+/m0/s1. The van der Waals surface area contributed by atoms with Crippen LogP contribution in [-0.4, -0.2) is 5.54 Å². The van der Waals surface area contributed by atoms with Crippen LogP contribution in [0, 0.1) is 42.1 Å². The van der Waals surface area contributed by atoms with Crippen molar-refractivity contribution >= 4 is 0 Å². The first kappa shape index (κ1) is 10.6. The van der Waals surface area contributed by atoms with Crippen LogP contribution in [0.2, 0.25) is 0 Å². The van der Waals surface area contributed by atoms with Crippen molar-refractivity contribution in [3.63, 3.8) is 0 Å². The normalized spacial score (nSPS) is 54.3. The molecule has 0 radical (unpaired) electrons. The minimum atomic E-state index is 0.00303. The Morgan fingerprint density at radius 3 is 2.44 bits per heavy atom. The van der Waals surface area contributed by atoms with Gasteiger partial charge in [-0.25, -0.2) is 6.57 Å². The van der Waals surface area contributed by atoms with Gasteiger partial charge in [-0.3, -0.25) is 0 Å². The topological polar surface area (TPSA) is 4.36 Å². The number of rotatable bonds is 1. The molecule has 3 aliphatic carbocycles. The lowest BCUT2D eigenvalue weighted by atomic mass is 9.63. The first-order valence-electron chi connectivity index (χ1n) is 6.95. The van der Waals surface area contributed by atoms with Crippen LogP contribution in [0.15, 0.2) is 0 Å². The van der Waals surface area contributed by atoms with Gasteiger partial charge in [0.15, 0.2) is 0 Å². The zero-order valence-electron chi connectivity index (χ0n) is 10.7. The van der Waals surface area contributed by atoms with Crippen LogP contribution in [0.3, 0.4) is 0 Å². The number of hydrogen-bond acceptors (Lipinski definition) is 0. The van der Waals surface area contributed by atoms with Crippen molar-refractivity contribution in [3.05, 3.63) is 11.4 Å². The molecule has 3 fully saturated rings. The minimum absolute atomic E-state index is 0.00303. The van der Waals surface area contributed by atoms with Crippen LogP contribution < -0.4 is 0 Å². The second kappa shape index (κ2) is 3.25. The van der Waals surface area contributed by atoms with Gasteiger partial charge in [0, 0.05) is 18.8 Å². The third-order valence-corrected chi connectivity index (χ3v) is 6.16. The second-order valence-electron chi connectivity index (χ2n) is 7.01. The Hall–Kier alpha value is -0.510. The van der Waals surface area contributed by atoms with Gasteiger partial charge in [-0.2, -0.15) is 0 Å². The molecule has 16 heavy (non-hydrogen) atoms. The molecule has 0 aliphatic heterocycles. The van der Waals surface area contributed by atoms with Crippen molar-refractivity contribution in [2.45, 2.75) is 52.0 Å². The summed E-state index contributed by atoms with van der Waals surface area (Å²) in [6, 6.07) is 0. The smallest absolute Gasteiger partial charge is 0.235 e. The van der Waals surface area contributed by atoms with E-state index in [1.165, 1.54) is 25.7 Å². The highest BCUT2D eigenvalue weighted by Crippen LogP contribution is 2.63. The van der Waals surface area contributed by atoms with Gasteiger partial charge in [0.2, 0.25) is 5.54 Å². The van der Waals surface area contributed by atoms with Gasteiger partial charge < -0.3 is 4.85 Å². The predicted octanol–water partition coefficient (Wildman–Crippen LogP) is 4.00. The first-order chi connectivity index (χ1) is 7.56. The van der Waals surface area contributed by atoms with Gasteiger partial charge in [-0.1, -0.05) is 13.8 Å². The van der Waals surface area contributed by atoms with E-state index in [1.54, 1.807) is 0 Å². The molecule has 0 heterocycles. The van der Waals surface area contributed by atoms with Crippen LogP contribution in [0.25, 0.3) is 4.85 Å². The van der Waals surface area contributed by atoms with E-state index in [-0.39, 0.29) is 5.54 Å². The zero-order chi connectivity index (χ0) is 11.5. The van der Waals surface area contributed by atoms with Crippen LogP contribution in [0.1, 0.15) is 46.5 Å². The van der Waals surface area contributed by atoms with Crippen LogP contribution in [0.5, 0.6) is 0 Å². The molecule has 3 bridgehead atoms. The van der Waals surface area contributed by atoms with E-state index >= 15 is 0 Å². The second-order valence-corrected chi connectivity index (χ2v) is 7.01. The van der Waals surface area contributed by atoms with Crippen LogP contribution in [-0.2, 0) is 0 Å². The number of nitrogens with zero attached hydrogens (tertiary/aromatic N) is 1. The fraction of sp³-hybridized carbons (Fsp3) is 0.933. The summed E-state index contributed by atoms with van der Waals surface area (Å²) < 4.78 is 0. The van der Waals surface area contributed by atoms with E-state index in [2.05, 4.69) is 25.6 Å². The largest absolute Gasteiger partial charge is 0.310 e. The summed E-state index contributed by atoms with van der Waals surface area (Å²) in [5, 5.41) is 0. The Bertz CT molecular complexity index is 340. The van der Waals surface area contributed by atoms with E-state index in [4.69, 9.17) is 6.57 Å². The van der Waals surface area contributed by atoms with E-state index in [0.29, 0.717) is 0 Å². The Kier molecular flexibility index (Phi) is 2.16. The molecule has 1 heteroatoms. The Morgan fingerprint density at radius 2 is 1.81 bits per heavy atom. The summed E-state index contributed by atoms with van der Waals surface area (Å²) in [6.07, 6.45) is 5.51. The summed E-state index contributed by atoms with van der Waals surface area (Å²) in [7, 11) is 0. The molecule has 0 saturated heterocycles. The highest BCUT2D eigenvalue weighted by atomic mass is 14.9. The van der Waals surface area contributed by atoms with Crippen molar-refractivity contribution < 1.29 is 0 Å². The van der Waals surface area contributed by atoms with Gasteiger partial charge in [0.05, 0.1) is 0 Å². The van der Waals surface area contributed by atoms with Gasteiger partial charge in [0.25, 0.3) is 0 Å². The van der Waals surface area contributed by atoms with Crippen molar-refractivity contribution in [3.8, 4) is 0 Å². The molecule has 0 amide bonds. The summed E-state index contributed by atoms with van der Waals surface area (Å²) in [5.41, 5.74) is 0.00303. The maximum atomic E-state index is 7.60. The molecule has 0 aromatic rings. The van der Waals surface area contributed by atoms with Gasteiger partial charge in [-0.15, -0.1) is 0 Å². The van der Waals surface area contributed by atoms with E-state index < -0.39 is 0 Å². The molecule has 4 unspecified atom stereocenters. The first-order valence-corrected chi connectivity index (χ1v) is 6.95. The average molecular weight is 217 g/mol. The molecular formula is C15H23N. The fourth-order valence-corrected chi connectivity index (χ4v) is 5.25. The maximum absolute atomic E-state index is 7.60. The molecule has 1 nitrogen and oxygen atoms in total. The van der Waals surface area contributed by atoms with Crippen LogP contribution in [0.4, 0.5) is 0 Å². The summed E-state index contributed by atoms with van der Waals surface area (Å²) in [4.78, 5) is 4.08. The molecule has 6 atom stereocenters. The molecule has 0 aromatic heterocycles. The molecule has 0 spiro atoms. The average Bonchev–Trinajstić information content (AvgIpc) is 2.38. The summed E-state index contributed by atoms with van der Waals surface area (Å²) >= 11 is 0. The monoisotopic (exact) mass is 217 g/mol. The zero-order valence-corrected chi connectivity index (χ0v) is 10.7. The number of fused-ring (bicyclic) bond motifs is 2. The highest BCUT2D eigenvalue weighted by Gasteiger charge is 2.64. The van der Waals surface area contributed by atoms with Gasteiger partial charge in [0.1, 0.15) is 0 Å². The fourth-order valence-electron chi connectivity index (χ4n) is 5.25. The minimum Gasteiger partial charge on any atom is -0.310 e. The lowest BCUT2D eigenvalue weighted by Crippen LogP contribution is -2.36. The molecular weight excluding hydrogens is 194 g/mol. The lowest BCUT2D eigenvalue weighted by molar-refractivity contribution is 0.0781. The molecule has 3 rings (SSSR count). The van der Waals surface area contributed by atoms with E-state index in [9.17, 15) is 0 Å². The molecule has 3 saturated carbocycles. The summed E-state index contributed by atoms with van der Waals surface area (Å²) in [6.45, 7) is 14.6. The van der Waals surface area contributed by atoms with Crippen molar-refractivity contribution in [2.75, 3.05) is 0 Å². The SMILES string of the molecule is [C-]#[N+][C@]1(C)C2CC3CC(C2)[C@H](C(C)C)CC31. The third kappa shape index (κ3) is 1.17. The van der Waals surface area contributed by atoms with E-state index in [1.807, 2.05) is 0 Å². The van der Waals surface area contributed by atoms with Gasteiger partial charge >= 0.3 is 0 Å². The molecule has 88 valence electrons. The molecule has 0 N–H and O–H groups in total. The third-order valence-electron chi connectivity index (χ3n) is 6.16. The van der Waals surface area contributed by atoms with Crippen LogP contribution >= 0.6 is 0 Å². The molecule has 3 aliphatic rings. The van der Waals surface area contributed by atoms with Crippen molar-refractivity contribution in [1.29, 1.82) is 0 Å². The Morgan fingerprint density at radius 1 is 1.12 bits per heavy atom. The molecule has 0 aromatic carbocycles. The quantitative estimate of drug-likeness (QED) is 0.585. The predicted molar refractivity (Wildman–Crippen MR) is 65.8 cm³/mol.